The van der Waals surface area contributed by atoms with Gasteiger partial charge in [0.05, 0.1) is 12.1 Å². The number of aromatic nitrogens is 2. The average Bonchev–Trinajstić information content (AvgIpc) is 2.78. The standard InChI is InChI=1S/C11H14N2O2S/c1-2-3-9(14)10(15)6-8-7-13-4-5-16-11(13)12-8/h4-5,7,9,14H,2-3,6H2,1H3. The smallest absolute Gasteiger partial charge is 0.193 e. The fourth-order valence-electron chi connectivity index (χ4n) is 1.59. The van der Waals surface area contributed by atoms with Crippen molar-refractivity contribution in [1.82, 2.24) is 9.38 Å². The minimum atomic E-state index is -0.843. The molecule has 0 saturated carbocycles. The number of nitrogens with zero attached hydrogens (tertiary/aromatic N) is 2. The molecule has 0 radical (unpaired) electrons. The lowest BCUT2D eigenvalue weighted by atomic mass is 10.1. The number of imidazole rings is 1. The van der Waals surface area contributed by atoms with Crippen LogP contribution in [0.1, 0.15) is 25.5 Å². The molecular formula is C11H14N2O2S. The number of ketones is 1. The van der Waals surface area contributed by atoms with Crippen molar-refractivity contribution < 1.29 is 9.90 Å². The summed E-state index contributed by atoms with van der Waals surface area (Å²) in [6, 6.07) is 0. The molecule has 1 N–H and O–H groups in total. The lowest BCUT2D eigenvalue weighted by Crippen LogP contribution is -2.22. The number of aliphatic hydroxyl groups is 1. The topological polar surface area (TPSA) is 54.6 Å². The fraction of sp³-hybridized carbons (Fsp3) is 0.455. The van der Waals surface area contributed by atoms with E-state index in [1.54, 1.807) is 0 Å². The van der Waals surface area contributed by atoms with Gasteiger partial charge in [-0.25, -0.2) is 4.98 Å². The maximum atomic E-state index is 11.6. The van der Waals surface area contributed by atoms with E-state index in [1.807, 2.05) is 29.1 Å². The summed E-state index contributed by atoms with van der Waals surface area (Å²) in [5.41, 5.74) is 0.729. The minimum absolute atomic E-state index is 0.146. The predicted octanol–water partition coefficient (Wildman–Crippen LogP) is 1.67. The largest absolute Gasteiger partial charge is 0.385 e. The SMILES string of the molecule is CCCC(O)C(=O)Cc1cn2ccsc2n1. The van der Waals surface area contributed by atoms with Gasteiger partial charge in [-0.1, -0.05) is 13.3 Å². The number of thiazole rings is 1. The van der Waals surface area contributed by atoms with Gasteiger partial charge in [0.2, 0.25) is 0 Å². The molecular weight excluding hydrogens is 224 g/mol. The highest BCUT2D eigenvalue weighted by Gasteiger charge is 2.16. The maximum Gasteiger partial charge on any atom is 0.193 e. The molecule has 2 rings (SSSR count). The third-order valence-electron chi connectivity index (χ3n) is 2.43. The second-order valence-electron chi connectivity index (χ2n) is 3.77. The molecule has 5 heteroatoms. The van der Waals surface area contributed by atoms with Crippen molar-refractivity contribution in [2.24, 2.45) is 0 Å². The van der Waals surface area contributed by atoms with Crippen LogP contribution in [-0.2, 0) is 11.2 Å². The molecule has 2 aromatic heterocycles. The van der Waals surface area contributed by atoms with E-state index in [0.717, 1.165) is 17.1 Å². The molecule has 1 atom stereocenters. The molecule has 0 amide bonds. The van der Waals surface area contributed by atoms with E-state index < -0.39 is 6.10 Å². The van der Waals surface area contributed by atoms with Gasteiger partial charge in [0.25, 0.3) is 0 Å². The number of carbonyl (C=O) groups is 1. The number of aliphatic hydroxyl groups excluding tert-OH is 1. The van der Waals surface area contributed by atoms with Crippen LogP contribution < -0.4 is 0 Å². The number of fused-ring (bicyclic) bond motifs is 1. The molecule has 2 heterocycles. The van der Waals surface area contributed by atoms with Gasteiger partial charge >= 0.3 is 0 Å². The lowest BCUT2D eigenvalue weighted by Gasteiger charge is -2.05. The molecule has 4 nitrogen and oxygen atoms in total. The molecule has 0 spiro atoms. The first-order valence-corrected chi connectivity index (χ1v) is 6.20. The van der Waals surface area contributed by atoms with E-state index in [9.17, 15) is 9.90 Å². The molecule has 0 aliphatic heterocycles. The van der Waals surface area contributed by atoms with Crippen molar-refractivity contribution in [1.29, 1.82) is 0 Å². The highest BCUT2D eigenvalue weighted by molar-refractivity contribution is 7.15. The summed E-state index contributed by atoms with van der Waals surface area (Å²) in [7, 11) is 0. The molecule has 0 aliphatic rings. The van der Waals surface area contributed by atoms with Crippen molar-refractivity contribution in [3.8, 4) is 0 Å². The Hall–Kier alpha value is -1.20. The Morgan fingerprint density at radius 3 is 3.19 bits per heavy atom. The van der Waals surface area contributed by atoms with Crippen molar-refractivity contribution in [2.45, 2.75) is 32.3 Å². The van der Waals surface area contributed by atoms with Crippen LogP contribution in [0, 0.1) is 0 Å². The molecule has 2 aromatic rings. The van der Waals surface area contributed by atoms with Gasteiger partial charge in [-0.3, -0.25) is 9.20 Å². The second kappa shape index (κ2) is 4.76. The van der Waals surface area contributed by atoms with Crippen LogP contribution in [0.3, 0.4) is 0 Å². The van der Waals surface area contributed by atoms with Gasteiger partial charge < -0.3 is 5.11 Å². The molecule has 1 unspecified atom stereocenters. The van der Waals surface area contributed by atoms with E-state index in [1.165, 1.54) is 11.3 Å². The van der Waals surface area contributed by atoms with Crippen molar-refractivity contribution in [3.63, 3.8) is 0 Å². The summed E-state index contributed by atoms with van der Waals surface area (Å²) < 4.78 is 1.89. The van der Waals surface area contributed by atoms with Gasteiger partial charge in [-0.15, -0.1) is 11.3 Å². The van der Waals surface area contributed by atoms with Crippen LogP contribution in [0.15, 0.2) is 17.8 Å². The van der Waals surface area contributed by atoms with E-state index in [4.69, 9.17) is 0 Å². The van der Waals surface area contributed by atoms with Crippen LogP contribution in [0.25, 0.3) is 4.96 Å². The monoisotopic (exact) mass is 238 g/mol. The van der Waals surface area contributed by atoms with Gasteiger partial charge in [-0.2, -0.15) is 0 Å². The minimum Gasteiger partial charge on any atom is -0.385 e. The Labute approximate surface area is 97.6 Å². The molecule has 0 aromatic carbocycles. The number of hydrogen-bond donors (Lipinski definition) is 1. The molecule has 0 aliphatic carbocycles. The number of carbonyl (C=O) groups excluding carboxylic acids is 1. The first-order chi connectivity index (χ1) is 7.70. The van der Waals surface area contributed by atoms with Crippen LogP contribution in [0.5, 0.6) is 0 Å². The summed E-state index contributed by atoms with van der Waals surface area (Å²) in [6.45, 7) is 1.95. The summed E-state index contributed by atoms with van der Waals surface area (Å²) in [4.78, 5) is 16.8. The Bertz CT molecular complexity index is 460. The van der Waals surface area contributed by atoms with Gasteiger partial charge in [0.15, 0.2) is 10.7 Å². The molecule has 0 bridgehead atoms. The quantitative estimate of drug-likeness (QED) is 0.862. The second-order valence-corrected chi connectivity index (χ2v) is 4.65. The van der Waals surface area contributed by atoms with Crippen LogP contribution in [0.2, 0.25) is 0 Å². The van der Waals surface area contributed by atoms with Crippen LogP contribution in [0.4, 0.5) is 0 Å². The average molecular weight is 238 g/mol. The van der Waals surface area contributed by atoms with Crippen molar-refractivity contribution in [3.05, 3.63) is 23.5 Å². The normalized spacial score (nSPS) is 13.1. The van der Waals surface area contributed by atoms with Gasteiger partial charge in [-0.05, 0) is 6.42 Å². The summed E-state index contributed by atoms with van der Waals surface area (Å²) in [6.07, 6.45) is 4.46. The third kappa shape index (κ3) is 2.31. The lowest BCUT2D eigenvalue weighted by molar-refractivity contribution is -0.126. The van der Waals surface area contributed by atoms with E-state index in [2.05, 4.69) is 4.98 Å². The zero-order chi connectivity index (χ0) is 11.5. The van der Waals surface area contributed by atoms with Gasteiger partial charge in [0.1, 0.15) is 6.10 Å². The van der Waals surface area contributed by atoms with Crippen LogP contribution in [-0.4, -0.2) is 26.4 Å². The zero-order valence-electron chi connectivity index (χ0n) is 9.09. The third-order valence-corrected chi connectivity index (χ3v) is 3.20. The van der Waals surface area contributed by atoms with Gasteiger partial charge in [0, 0.05) is 17.8 Å². The number of hydrogen-bond acceptors (Lipinski definition) is 4. The molecule has 0 saturated heterocycles. The number of Topliss-reactive ketones (excluding diaryl/α,β-unsaturated/α-hetero) is 1. The molecule has 86 valence electrons. The molecule has 0 fully saturated rings. The highest BCUT2D eigenvalue weighted by Crippen LogP contribution is 2.12. The number of rotatable bonds is 5. The van der Waals surface area contributed by atoms with Crippen molar-refractivity contribution in [2.75, 3.05) is 0 Å². The first-order valence-electron chi connectivity index (χ1n) is 5.32. The fourth-order valence-corrected chi connectivity index (χ4v) is 2.31. The van der Waals surface area contributed by atoms with E-state index in [-0.39, 0.29) is 12.2 Å². The Morgan fingerprint density at radius 1 is 1.69 bits per heavy atom. The zero-order valence-corrected chi connectivity index (χ0v) is 9.91. The maximum absolute atomic E-state index is 11.6. The first kappa shape index (κ1) is 11.3. The van der Waals surface area contributed by atoms with Crippen molar-refractivity contribution >= 4 is 22.1 Å². The Balaban J connectivity index is 2.04. The highest BCUT2D eigenvalue weighted by atomic mass is 32.1. The predicted molar refractivity (Wildman–Crippen MR) is 62.7 cm³/mol. The van der Waals surface area contributed by atoms with Crippen LogP contribution >= 0.6 is 11.3 Å². The summed E-state index contributed by atoms with van der Waals surface area (Å²) in [5, 5.41) is 11.5. The Morgan fingerprint density at radius 2 is 2.50 bits per heavy atom. The Kier molecular flexibility index (Phi) is 3.36. The summed E-state index contributed by atoms with van der Waals surface area (Å²) >= 11 is 1.53. The summed E-state index contributed by atoms with van der Waals surface area (Å²) in [5.74, 6) is -0.146. The molecule has 16 heavy (non-hydrogen) atoms. The van der Waals surface area contributed by atoms with E-state index >= 15 is 0 Å². The van der Waals surface area contributed by atoms with E-state index in [0.29, 0.717) is 6.42 Å².